The van der Waals surface area contributed by atoms with E-state index in [2.05, 4.69) is 86.6 Å². The number of anilines is 1. The number of para-hydroxylation sites is 1. The fourth-order valence-electron chi connectivity index (χ4n) is 5.52. The van der Waals surface area contributed by atoms with Crippen molar-refractivity contribution in [2.45, 2.75) is 29.7 Å². The van der Waals surface area contributed by atoms with Crippen molar-refractivity contribution in [1.82, 2.24) is 0 Å². The van der Waals surface area contributed by atoms with Gasteiger partial charge in [0.1, 0.15) is 0 Å². The minimum absolute atomic E-state index is 0.302. The van der Waals surface area contributed by atoms with Crippen molar-refractivity contribution in [3.63, 3.8) is 0 Å². The second-order valence-corrected chi connectivity index (χ2v) is 12.3. The van der Waals surface area contributed by atoms with Crippen LogP contribution in [0.4, 0.5) is 5.69 Å². The molecule has 0 unspecified atom stereocenters. The highest BCUT2D eigenvalue weighted by Crippen LogP contribution is 2.71. The Balaban J connectivity index is 1.66. The molecule has 0 saturated heterocycles. The van der Waals surface area contributed by atoms with Crippen molar-refractivity contribution in [1.29, 1.82) is 0 Å². The van der Waals surface area contributed by atoms with Gasteiger partial charge in [0.05, 0.1) is 17.0 Å². The minimum Gasteiger partial charge on any atom is -0.461 e. The first-order chi connectivity index (χ1) is 18.5. The maximum atomic E-state index is 13.1. The molecule has 0 radical (unpaired) electrons. The molecule has 0 bridgehead atoms. The van der Waals surface area contributed by atoms with Crippen molar-refractivity contribution < 1.29 is 9.53 Å². The molecule has 0 amide bonds. The van der Waals surface area contributed by atoms with Crippen LogP contribution in [0.2, 0.25) is 0 Å². The van der Waals surface area contributed by atoms with Crippen LogP contribution in [0.25, 0.3) is 0 Å². The van der Waals surface area contributed by atoms with Gasteiger partial charge in [-0.05, 0) is 60.7 Å². The van der Waals surface area contributed by atoms with Gasteiger partial charge in [-0.25, -0.2) is 9.80 Å². The normalized spacial score (nSPS) is 19.3. The summed E-state index contributed by atoms with van der Waals surface area (Å²) in [6.45, 7) is 6.49. The maximum absolute atomic E-state index is 13.1. The van der Waals surface area contributed by atoms with Crippen LogP contribution >= 0.6 is 23.5 Å². The standard InChI is InChI=1S/C32H28N2O2S2/c1-4-36-30(35)29-33-34(24-16-6-5-7-17-24)32(37-29)28-21-13-12-20-27(28)31(38-32,25-18-10-8-14-22(25)2)26-19-11-9-15-23(26)3/h5-21H,4H2,1-3H3/t32-/m1/s1. The summed E-state index contributed by atoms with van der Waals surface area (Å²) >= 11 is 3.32. The van der Waals surface area contributed by atoms with E-state index in [0.717, 1.165) is 11.3 Å². The molecule has 38 heavy (non-hydrogen) atoms. The van der Waals surface area contributed by atoms with E-state index in [9.17, 15) is 4.79 Å². The molecule has 4 aromatic rings. The molecule has 4 nitrogen and oxygen atoms in total. The van der Waals surface area contributed by atoms with Crippen molar-refractivity contribution in [3.8, 4) is 0 Å². The maximum Gasteiger partial charge on any atom is 0.365 e. The van der Waals surface area contributed by atoms with Crippen LogP contribution in [0.5, 0.6) is 0 Å². The Morgan fingerprint density at radius 2 is 1.29 bits per heavy atom. The lowest BCUT2D eigenvalue weighted by Gasteiger charge is -2.38. The van der Waals surface area contributed by atoms with Crippen molar-refractivity contribution in [2.75, 3.05) is 11.6 Å². The van der Waals surface area contributed by atoms with Gasteiger partial charge >= 0.3 is 5.97 Å². The zero-order chi connectivity index (χ0) is 26.3. The lowest BCUT2D eigenvalue weighted by atomic mass is 9.79. The fraction of sp³-hybridized carbons (Fsp3) is 0.188. The molecule has 0 aromatic heterocycles. The van der Waals surface area contributed by atoms with Crippen LogP contribution in [0.3, 0.4) is 0 Å². The number of benzene rings is 4. The van der Waals surface area contributed by atoms with Gasteiger partial charge in [0.15, 0.2) is 4.20 Å². The molecular formula is C32H28N2O2S2. The number of hydrogen-bond acceptors (Lipinski definition) is 6. The third kappa shape index (κ3) is 3.69. The quantitative estimate of drug-likeness (QED) is 0.246. The molecule has 1 atom stereocenters. The largest absolute Gasteiger partial charge is 0.461 e. The van der Waals surface area contributed by atoms with E-state index in [1.807, 2.05) is 54.0 Å². The monoisotopic (exact) mass is 536 g/mol. The highest BCUT2D eigenvalue weighted by Gasteiger charge is 2.62. The third-order valence-corrected chi connectivity index (χ3v) is 10.4. The second-order valence-electron chi connectivity index (χ2n) is 9.42. The number of aryl methyl sites for hydroxylation is 2. The molecule has 0 saturated carbocycles. The Morgan fingerprint density at radius 1 is 0.763 bits per heavy atom. The molecule has 0 fully saturated rings. The van der Waals surface area contributed by atoms with E-state index in [0.29, 0.717) is 11.7 Å². The van der Waals surface area contributed by atoms with Gasteiger partial charge in [-0.15, -0.1) is 0 Å². The Labute approximate surface area is 232 Å². The van der Waals surface area contributed by atoms with E-state index in [1.165, 1.54) is 39.6 Å². The predicted octanol–water partition coefficient (Wildman–Crippen LogP) is 7.58. The summed E-state index contributed by atoms with van der Waals surface area (Å²) in [7, 11) is 0. The molecule has 2 heterocycles. The molecule has 6 rings (SSSR count). The third-order valence-electron chi connectivity index (χ3n) is 7.14. The van der Waals surface area contributed by atoms with Crippen LogP contribution in [-0.2, 0) is 18.5 Å². The van der Waals surface area contributed by atoms with Crippen molar-refractivity contribution >= 4 is 40.2 Å². The van der Waals surface area contributed by atoms with Gasteiger partial charge in [0.25, 0.3) is 0 Å². The lowest BCUT2D eigenvalue weighted by molar-refractivity contribution is -0.134. The van der Waals surface area contributed by atoms with E-state index in [4.69, 9.17) is 9.84 Å². The molecule has 0 N–H and O–H groups in total. The summed E-state index contributed by atoms with van der Waals surface area (Å²) in [6.07, 6.45) is 0. The van der Waals surface area contributed by atoms with Gasteiger partial charge in [-0.1, -0.05) is 115 Å². The average molecular weight is 537 g/mol. The van der Waals surface area contributed by atoms with Gasteiger partial charge in [0, 0.05) is 5.56 Å². The fourth-order valence-corrected chi connectivity index (χ4v) is 9.25. The SMILES string of the molecule is CCOC(=O)C1=NN(c2ccccc2)[C@]2(S1)SC(c1ccccc1C)(c1ccccc1C)c1ccccc12. The molecule has 6 heteroatoms. The van der Waals surface area contributed by atoms with Crippen molar-refractivity contribution in [2.24, 2.45) is 5.10 Å². The zero-order valence-corrected chi connectivity index (χ0v) is 23.2. The number of nitrogens with zero attached hydrogens (tertiary/aromatic N) is 2. The number of rotatable bonds is 5. The van der Waals surface area contributed by atoms with Gasteiger partial charge in [-0.3, -0.25) is 0 Å². The number of carbonyl (C=O) groups excluding carboxylic acids is 1. The Bertz CT molecular complexity index is 1510. The first kappa shape index (κ1) is 24.8. The summed E-state index contributed by atoms with van der Waals surface area (Å²) in [5.74, 6) is -0.391. The molecule has 4 aromatic carbocycles. The summed E-state index contributed by atoms with van der Waals surface area (Å²) in [5.41, 5.74) is 8.18. The van der Waals surface area contributed by atoms with Gasteiger partial charge in [0.2, 0.25) is 5.04 Å². The Kier molecular flexibility index (Phi) is 6.33. The first-order valence-electron chi connectivity index (χ1n) is 12.7. The number of thioether (sulfide) groups is 2. The summed E-state index contributed by atoms with van der Waals surface area (Å²) in [5, 5.41) is 7.31. The highest BCUT2D eigenvalue weighted by atomic mass is 32.2. The summed E-state index contributed by atoms with van der Waals surface area (Å²) in [4.78, 5) is 13.1. The molecule has 0 aliphatic carbocycles. The number of esters is 1. The van der Waals surface area contributed by atoms with Crippen LogP contribution in [0.1, 0.15) is 40.3 Å². The Hall–Kier alpha value is -3.48. The van der Waals surface area contributed by atoms with E-state index in [-0.39, 0.29) is 0 Å². The second kappa shape index (κ2) is 9.68. The zero-order valence-electron chi connectivity index (χ0n) is 21.5. The average Bonchev–Trinajstić information content (AvgIpc) is 3.47. The highest BCUT2D eigenvalue weighted by molar-refractivity contribution is 8.27. The number of ether oxygens (including phenoxy) is 1. The first-order valence-corrected chi connectivity index (χ1v) is 14.4. The van der Waals surface area contributed by atoms with Crippen LogP contribution < -0.4 is 5.01 Å². The van der Waals surface area contributed by atoms with E-state index >= 15 is 0 Å². The summed E-state index contributed by atoms with van der Waals surface area (Å²) in [6, 6.07) is 36.0. The number of hydrogen-bond donors (Lipinski definition) is 0. The van der Waals surface area contributed by atoms with E-state index in [1.54, 1.807) is 0 Å². The van der Waals surface area contributed by atoms with Gasteiger partial charge < -0.3 is 4.74 Å². The number of fused-ring (bicyclic) bond motifs is 2. The number of hydrazone groups is 1. The molecule has 1 spiro atoms. The van der Waals surface area contributed by atoms with Crippen LogP contribution in [0.15, 0.2) is 108 Å². The van der Waals surface area contributed by atoms with Crippen molar-refractivity contribution in [3.05, 3.63) is 137 Å². The lowest BCUT2D eigenvalue weighted by Crippen LogP contribution is -2.34. The summed E-state index contributed by atoms with van der Waals surface area (Å²) < 4.78 is 4.20. The predicted molar refractivity (Wildman–Crippen MR) is 159 cm³/mol. The minimum atomic E-state index is -0.718. The molecule has 2 aliphatic heterocycles. The van der Waals surface area contributed by atoms with E-state index < -0.39 is 14.9 Å². The molecule has 190 valence electrons. The van der Waals surface area contributed by atoms with Crippen LogP contribution in [-0.4, -0.2) is 17.6 Å². The van der Waals surface area contributed by atoms with Crippen LogP contribution in [0, 0.1) is 13.8 Å². The topological polar surface area (TPSA) is 41.9 Å². The smallest absolute Gasteiger partial charge is 0.365 e. The Morgan fingerprint density at radius 3 is 1.87 bits per heavy atom. The molecular weight excluding hydrogens is 508 g/mol. The van der Waals surface area contributed by atoms with Gasteiger partial charge in [-0.2, -0.15) is 5.10 Å². The number of carbonyl (C=O) groups is 1. The molecule has 2 aliphatic rings.